The van der Waals surface area contributed by atoms with Crippen molar-refractivity contribution < 1.29 is 4.11 Å². The molecule has 0 atom stereocenters. The van der Waals surface area contributed by atoms with Crippen LogP contribution in [0.5, 0.6) is 0 Å². The average Bonchev–Trinajstić information content (AvgIpc) is 2.03. The molecule has 0 saturated carbocycles. The molecule has 0 radical (unpaired) electrons. The van der Waals surface area contributed by atoms with Gasteiger partial charge in [-0.1, -0.05) is 0 Å². The SMILES string of the molecule is [2H]C([2H])([2H])c1cnc(C#N)nc1. The molecule has 3 nitrogen and oxygen atoms in total. The molecule has 1 aromatic rings. The molecule has 3 heteroatoms. The fourth-order valence-corrected chi connectivity index (χ4v) is 0.386. The molecule has 0 aromatic carbocycles. The number of nitriles is 1. The molecule has 0 saturated heterocycles. The molecule has 1 heterocycles. The van der Waals surface area contributed by atoms with Crippen LogP contribution in [0.2, 0.25) is 0 Å². The van der Waals surface area contributed by atoms with E-state index in [1.165, 1.54) is 0 Å². The maximum Gasteiger partial charge on any atom is 0.232 e. The minimum Gasteiger partial charge on any atom is -0.227 e. The third-order valence-corrected chi connectivity index (χ3v) is 0.752. The van der Waals surface area contributed by atoms with Crippen molar-refractivity contribution in [2.75, 3.05) is 0 Å². The number of aryl methyl sites for hydroxylation is 1. The summed E-state index contributed by atoms with van der Waals surface area (Å²) in [6, 6.07) is 1.70. The van der Waals surface area contributed by atoms with Crippen molar-refractivity contribution in [2.45, 2.75) is 6.85 Å². The lowest BCUT2D eigenvalue weighted by Gasteiger charge is -1.86. The minimum absolute atomic E-state index is 0.0250. The van der Waals surface area contributed by atoms with Crippen LogP contribution in [0.4, 0.5) is 0 Å². The van der Waals surface area contributed by atoms with Crippen molar-refractivity contribution in [1.29, 1.82) is 5.26 Å². The van der Waals surface area contributed by atoms with Crippen molar-refractivity contribution in [2.24, 2.45) is 0 Å². The Balaban J connectivity index is 3.02. The Morgan fingerprint density at radius 1 is 1.67 bits per heavy atom. The molecule has 0 fully saturated rings. The Morgan fingerprint density at radius 2 is 2.33 bits per heavy atom. The number of nitrogens with zero attached hydrogens (tertiary/aromatic N) is 3. The smallest absolute Gasteiger partial charge is 0.227 e. The highest BCUT2D eigenvalue weighted by molar-refractivity contribution is 5.11. The second kappa shape index (κ2) is 2.23. The van der Waals surface area contributed by atoms with E-state index in [9.17, 15) is 0 Å². The van der Waals surface area contributed by atoms with Gasteiger partial charge in [0.25, 0.3) is 0 Å². The molecule has 1 aromatic heterocycles. The maximum atomic E-state index is 8.32. The Labute approximate surface area is 57.2 Å². The van der Waals surface area contributed by atoms with Crippen molar-refractivity contribution >= 4 is 0 Å². The normalized spacial score (nSPS) is 14.8. The average molecular weight is 122 g/mol. The second-order valence-corrected chi connectivity index (χ2v) is 1.41. The van der Waals surface area contributed by atoms with Gasteiger partial charge >= 0.3 is 0 Å². The van der Waals surface area contributed by atoms with Gasteiger partial charge in [0.05, 0.1) is 0 Å². The first-order chi connectivity index (χ1) is 5.54. The third-order valence-electron chi connectivity index (χ3n) is 0.752. The van der Waals surface area contributed by atoms with E-state index >= 15 is 0 Å². The number of hydrogen-bond acceptors (Lipinski definition) is 3. The quantitative estimate of drug-likeness (QED) is 0.507. The summed E-state index contributed by atoms with van der Waals surface area (Å²) in [7, 11) is 0. The first-order valence-electron chi connectivity index (χ1n) is 3.76. The fourth-order valence-electron chi connectivity index (χ4n) is 0.386. The van der Waals surface area contributed by atoms with Crippen LogP contribution in [0.15, 0.2) is 12.4 Å². The van der Waals surface area contributed by atoms with Gasteiger partial charge in [-0.15, -0.1) is 0 Å². The molecule has 44 valence electrons. The van der Waals surface area contributed by atoms with Gasteiger partial charge in [-0.3, -0.25) is 0 Å². The van der Waals surface area contributed by atoms with Gasteiger partial charge in [-0.05, 0) is 12.4 Å². The molecular formula is C6H5N3. The number of hydrogen-bond donors (Lipinski definition) is 0. The van der Waals surface area contributed by atoms with Crippen molar-refractivity contribution in [3.8, 4) is 6.07 Å². The predicted molar refractivity (Wildman–Crippen MR) is 31.5 cm³/mol. The summed E-state index contributed by atoms with van der Waals surface area (Å²) >= 11 is 0. The van der Waals surface area contributed by atoms with Crippen LogP contribution < -0.4 is 0 Å². The lowest BCUT2D eigenvalue weighted by molar-refractivity contribution is 1.08. The largest absolute Gasteiger partial charge is 0.232 e. The molecule has 0 unspecified atom stereocenters. The van der Waals surface area contributed by atoms with E-state index in [1.54, 1.807) is 6.07 Å². The monoisotopic (exact) mass is 122 g/mol. The molecule has 1 rings (SSSR count). The molecule has 0 N–H and O–H groups in total. The third kappa shape index (κ3) is 1.23. The van der Waals surface area contributed by atoms with E-state index in [2.05, 4.69) is 9.97 Å². The summed E-state index contributed by atoms with van der Waals surface area (Å²) in [4.78, 5) is 7.06. The molecule has 9 heavy (non-hydrogen) atoms. The van der Waals surface area contributed by atoms with E-state index in [-0.39, 0.29) is 11.4 Å². The zero-order valence-corrected chi connectivity index (χ0v) is 4.50. The lowest BCUT2D eigenvalue weighted by Crippen LogP contribution is -1.86. The highest BCUT2D eigenvalue weighted by Gasteiger charge is 1.88. The van der Waals surface area contributed by atoms with Gasteiger partial charge < -0.3 is 0 Å². The summed E-state index contributed by atoms with van der Waals surface area (Å²) in [6.45, 7) is -2.20. The second-order valence-electron chi connectivity index (χ2n) is 1.41. The summed E-state index contributed by atoms with van der Waals surface area (Å²) in [5, 5.41) is 8.32. The zero-order valence-electron chi connectivity index (χ0n) is 7.50. The van der Waals surface area contributed by atoms with Gasteiger partial charge in [0.2, 0.25) is 5.82 Å². The van der Waals surface area contributed by atoms with E-state index < -0.39 is 6.85 Å². The van der Waals surface area contributed by atoms with Gasteiger partial charge in [0.1, 0.15) is 6.07 Å². The Kier molecular flexibility index (Phi) is 0.723. The summed E-state index contributed by atoms with van der Waals surface area (Å²) < 4.78 is 20.9. The zero-order chi connectivity index (χ0) is 9.19. The molecule has 0 bridgehead atoms. The van der Waals surface area contributed by atoms with Crippen LogP contribution in [-0.4, -0.2) is 9.97 Å². The lowest BCUT2D eigenvalue weighted by atomic mass is 10.4. The van der Waals surface area contributed by atoms with Gasteiger partial charge in [-0.2, -0.15) is 5.26 Å². The van der Waals surface area contributed by atoms with E-state index in [4.69, 9.17) is 9.37 Å². The molecule has 0 aliphatic heterocycles. The van der Waals surface area contributed by atoms with Gasteiger partial charge in [0, 0.05) is 16.5 Å². The van der Waals surface area contributed by atoms with Crippen molar-refractivity contribution in [1.82, 2.24) is 9.97 Å². The fraction of sp³-hybridized carbons (Fsp3) is 0.167. The van der Waals surface area contributed by atoms with Crippen LogP contribution in [0.3, 0.4) is 0 Å². The summed E-state index contributed by atoms with van der Waals surface area (Å²) in [5.74, 6) is -0.0250. The molecule has 0 spiro atoms. The van der Waals surface area contributed by atoms with Crippen molar-refractivity contribution in [3.63, 3.8) is 0 Å². The van der Waals surface area contributed by atoms with E-state index in [1.807, 2.05) is 0 Å². The number of rotatable bonds is 0. The van der Waals surface area contributed by atoms with Crippen LogP contribution >= 0.6 is 0 Å². The van der Waals surface area contributed by atoms with E-state index in [0.717, 1.165) is 12.4 Å². The Morgan fingerprint density at radius 3 is 2.78 bits per heavy atom. The number of aromatic nitrogens is 2. The summed E-state index contributed by atoms with van der Waals surface area (Å²) in [6.07, 6.45) is 2.27. The molecule has 0 aliphatic carbocycles. The molecule has 0 amide bonds. The first-order valence-corrected chi connectivity index (χ1v) is 2.26. The minimum atomic E-state index is -2.20. The Bertz CT molecular complexity index is 308. The highest BCUT2D eigenvalue weighted by atomic mass is 14.9. The van der Waals surface area contributed by atoms with Crippen LogP contribution in [0, 0.1) is 18.2 Å². The topological polar surface area (TPSA) is 49.6 Å². The van der Waals surface area contributed by atoms with E-state index in [0.29, 0.717) is 0 Å². The Hall–Kier alpha value is -1.43. The standard InChI is InChI=1S/C6H5N3/c1-5-3-8-6(2-7)9-4-5/h3-4H,1H3/i1D3. The van der Waals surface area contributed by atoms with Gasteiger partial charge in [0.15, 0.2) is 0 Å². The van der Waals surface area contributed by atoms with Crippen molar-refractivity contribution in [3.05, 3.63) is 23.8 Å². The van der Waals surface area contributed by atoms with Crippen LogP contribution in [0.25, 0.3) is 0 Å². The van der Waals surface area contributed by atoms with Crippen LogP contribution in [-0.2, 0) is 0 Å². The molecular weight excluding hydrogens is 114 g/mol. The first kappa shape index (κ1) is 2.92. The molecule has 0 aliphatic rings. The van der Waals surface area contributed by atoms with Gasteiger partial charge in [-0.25, -0.2) is 9.97 Å². The highest BCUT2D eigenvalue weighted by Crippen LogP contribution is 1.89. The summed E-state index contributed by atoms with van der Waals surface area (Å²) in [5.41, 5.74) is 0.0431. The van der Waals surface area contributed by atoms with Crippen LogP contribution in [0.1, 0.15) is 15.5 Å². The maximum absolute atomic E-state index is 8.32. The predicted octanol–water partition coefficient (Wildman–Crippen LogP) is 0.657.